The van der Waals surface area contributed by atoms with Crippen LogP contribution >= 0.6 is 27.5 Å². The van der Waals surface area contributed by atoms with Gasteiger partial charge in [0, 0.05) is 41.4 Å². The molecule has 0 aromatic heterocycles. The van der Waals surface area contributed by atoms with Gasteiger partial charge in [-0.3, -0.25) is 4.79 Å². The molecule has 1 fully saturated rings. The second kappa shape index (κ2) is 10.9. The molecule has 0 radical (unpaired) electrons. The summed E-state index contributed by atoms with van der Waals surface area (Å²) in [5.41, 5.74) is 1.55. The van der Waals surface area contributed by atoms with Crippen LogP contribution in [-0.2, 0) is 20.7 Å². The van der Waals surface area contributed by atoms with E-state index in [9.17, 15) is 14.1 Å². The van der Waals surface area contributed by atoms with Gasteiger partial charge in [-0.05, 0) is 84.3 Å². The van der Waals surface area contributed by atoms with E-state index in [2.05, 4.69) is 27.8 Å². The maximum absolute atomic E-state index is 13.3. The minimum absolute atomic E-state index is 0.0216. The maximum Gasteiger partial charge on any atom is 0.356 e. The molecule has 32 heavy (non-hydrogen) atoms. The fourth-order valence-corrected chi connectivity index (χ4v) is 5.87. The third-order valence-electron chi connectivity index (χ3n) is 5.64. The van der Waals surface area contributed by atoms with Crippen LogP contribution in [0.15, 0.2) is 51.8 Å². The lowest BCUT2D eigenvalue weighted by Gasteiger charge is -2.46. The Morgan fingerprint density at radius 3 is 2.59 bits per heavy atom. The van der Waals surface area contributed by atoms with Crippen LogP contribution in [0.4, 0.5) is 5.69 Å². The Kier molecular flexibility index (Phi) is 8.49. The highest BCUT2D eigenvalue weighted by Gasteiger charge is 2.34. The SMILES string of the molecule is CCOC(=O)C[S+]([O-])c1ccc(C(=O)N2CCN(c3cccc(Cl)c3)[C@H](C)C2C)cc1Br. The van der Waals surface area contributed by atoms with Gasteiger partial charge in [-0.15, -0.1) is 0 Å². The number of hydrogen-bond donors (Lipinski definition) is 0. The molecule has 0 N–H and O–H groups in total. The zero-order valence-corrected chi connectivity index (χ0v) is 21.4. The van der Waals surface area contributed by atoms with Crippen molar-refractivity contribution in [3.05, 3.63) is 57.5 Å². The molecule has 0 bridgehead atoms. The molecule has 1 amide bonds. The van der Waals surface area contributed by atoms with E-state index < -0.39 is 17.1 Å². The van der Waals surface area contributed by atoms with E-state index in [1.165, 1.54) is 0 Å². The van der Waals surface area contributed by atoms with Gasteiger partial charge in [0.25, 0.3) is 5.91 Å². The van der Waals surface area contributed by atoms with Gasteiger partial charge >= 0.3 is 5.97 Å². The summed E-state index contributed by atoms with van der Waals surface area (Å²) in [4.78, 5) is 29.5. The number of carbonyl (C=O) groups excluding carboxylic acids is 2. The standard InChI is InChI=1S/C23H26BrClN2O4S/c1-4-31-22(28)14-32(30)21-9-8-17(12-20(21)24)23(29)27-11-10-26(15(2)16(27)3)19-7-5-6-18(25)13-19/h5-9,12-13,15-16H,4,10-11,14H2,1-3H3/t15-,16?,32?/m1/s1. The highest BCUT2D eigenvalue weighted by atomic mass is 79.9. The second-order valence-corrected chi connectivity index (χ2v) is 10.3. The molecule has 1 aliphatic rings. The lowest BCUT2D eigenvalue weighted by atomic mass is 10.0. The number of hydrogen-bond acceptors (Lipinski definition) is 5. The zero-order valence-electron chi connectivity index (χ0n) is 18.2. The van der Waals surface area contributed by atoms with Gasteiger partial charge in [0.1, 0.15) is 0 Å². The van der Waals surface area contributed by atoms with Crippen LogP contribution in [0, 0.1) is 0 Å². The molecule has 0 saturated carbocycles. The molecule has 172 valence electrons. The van der Waals surface area contributed by atoms with E-state index >= 15 is 0 Å². The summed E-state index contributed by atoms with van der Waals surface area (Å²) >= 11 is 8.01. The summed E-state index contributed by atoms with van der Waals surface area (Å²) in [5.74, 6) is -0.823. The number of rotatable bonds is 6. The third kappa shape index (κ3) is 5.60. The molecule has 0 aliphatic carbocycles. The van der Waals surface area contributed by atoms with Crippen LogP contribution in [0.3, 0.4) is 0 Å². The number of esters is 1. The molecule has 2 unspecified atom stereocenters. The normalized spacial score (nSPS) is 19.6. The van der Waals surface area contributed by atoms with Crippen molar-refractivity contribution in [2.24, 2.45) is 0 Å². The summed E-state index contributed by atoms with van der Waals surface area (Å²) in [6.07, 6.45) is 0. The fourth-order valence-electron chi connectivity index (χ4n) is 3.82. The fraction of sp³-hybridized carbons (Fsp3) is 0.391. The van der Waals surface area contributed by atoms with Crippen molar-refractivity contribution in [3.8, 4) is 0 Å². The van der Waals surface area contributed by atoms with Gasteiger partial charge < -0.3 is 19.1 Å². The van der Waals surface area contributed by atoms with Gasteiger partial charge in [-0.25, -0.2) is 4.79 Å². The largest absolute Gasteiger partial charge is 0.611 e. The molecule has 3 atom stereocenters. The molecule has 6 nitrogen and oxygen atoms in total. The molecular weight excluding hydrogens is 516 g/mol. The van der Waals surface area contributed by atoms with E-state index in [1.54, 1.807) is 25.1 Å². The summed E-state index contributed by atoms with van der Waals surface area (Å²) in [5, 5.41) is 0.686. The van der Waals surface area contributed by atoms with Crippen LogP contribution in [0.2, 0.25) is 5.02 Å². The Morgan fingerprint density at radius 1 is 1.19 bits per heavy atom. The van der Waals surface area contributed by atoms with E-state index in [-0.39, 0.29) is 30.4 Å². The van der Waals surface area contributed by atoms with Crippen molar-refractivity contribution < 1.29 is 18.9 Å². The van der Waals surface area contributed by atoms with Crippen molar-refractivity contribution in [2.45, 2.75) is 37.8 Å². The van der Waals surface area contributed by atoms with Crippen molar-refractivity contribution in [3.63, 3.8) is 0 Å². The first-order chi connectivity index (χ1) is 15.2. The minimum Gasteiger partial charge on any atom is -0.611 e. The first kappa shape index (κ1) is 24.9. The Labute approximate surface area is 205 Å². The van der Waals surface area contributed by atoms with Gasteiger partial charge in [0.15, 0.2) is 4.90 Å². The van der Waals surface area contributed by atoms with Crippen molar-refractivity contribution in [1.82, 2.24) is 4.90 Å². The molecule has 9 heteroatoms. The van der Waals surface area contributed by atoms with Crippen molar-refractivity contribution in [1.29, 1.82) is 0 Å². The Balaban J connectivity index is 1.72. The number of halogens is 2. The lowest BCUT2D eigenvalue weighted by molar-refractivity contribution is -0.139. The summed E-state index contributed by atoms with van der Waals surface area (Å²) in [6, 6.07) is 12.8. The summed E-state index contributed by atoms with van der Waals surface area (Å²) in [6.45, 7) is 7.35. The lowest BCUT2D eigenvalue weighted by Crippen LogP contribution is -2.59. The molecule has 3 rings (SSSR count). The maximum atomic E-state index is 13.3. The predicted molar refractivity (Wildman–Crippen MR) is 131 cm³/mol. The number of amides is 1. The van der Waals surface area contributed by atoms with Crippen molar-refractivity contribution in [2.75, 3.05) is 30.3 Å². The smallest absolute Gasteiger partial charge is 0.356 e. The summed E-state index contributed by atoms with van der Waals surface area (Å²) in [7, 11) is 0. The Bertz CT molecular complexity index is 992. The third-order valence-corrected chi connectivity index (χ3v) is 8.14. The quantitative estimate of drug-likeness (QED) is 0.397. The highest BCUT2D eigenvalue weighted by molar-refractivity contribution is 9.10. The number of carbonyl (C=O) groups is 2. The number of piperazine rings is 1. The summed E-state index contributed by atoms with van der Waals surface area (Å²) < 4.78 is 17.9. The van der Waals surface area contributed by atoms with E-state index in [0.29, 0.717) is 33.0 Å². The van der Waals surface area contributed by atoms with Gasteiger partial charge in [-0.1, -0.05) is 17.7 Å². The Hall–Kier alpha value is -1.74. The van der Waals surface area contributed by atoms with Crippen LogP contribution in [0.5, 0.6) is 0 Å². The van der Waals surface area contributed by atoms with Crippen LogP contribution in [0.25, 0.3) is 0 Å². The number of anilines is 1. The molecule has 1 saturated heterocycles. The van der Waals surface area contributed by atoms with Crippen molar-refractivity contribution >= 4 is 56.3 Å². The average Bonchev–Trinajstić information content (AvgIpc) is 2.75. The van der Waals surface area contributed by atoms with Gasteiger partial charge in [0.05, 0.1) is 11.1 Å². The van der Waals surface area contributed by atoms with Crippen LogP contribution in [-0.4, -0.2) is 58.9 Å². The predicted octanol–water partition coefficient (Wildman–Crippen LogP) is 4.51. The van der Waals surface area contributed by atoms with Crippen LogP contribution < -0.4 is 4.90 Å². The second-order valence-electron chi connectivity index (χ2n) is 7.59. The van der Waals surface area contributed by atoms with Gasteiger partial charge in [0.2, 0.25) is 5.75 Å². The van der Waals surface area contributed by atoms with E-state index in [4.69, 9.17) is 16.3 Å². The molecule has 2 aromatic rings. The monoisotopic (exact) mass is 540 g/mol. The number of nitrogens with zero attached hydrogens (tertiary/aromatic N) is 2. The highest BCUT2D eigenvalue weighted by Crippen LogP contribution is 2.29. The van der Waals surface area contributed by atoms with E-state index in [1.807, 2.05) is 36.1 Å². The first-order valence-corrected chi connectivity index (χ1v) is 12.9. The molecule has 2 aromatic carbocycles. The molecule has 1 aliphatic heterocycles. The Morgan fingerprint density at radius 2 is 1.94 bits per heavy atom. The topological polar surface area (TPSA) is 72.9 Å². The number of ether oxygens (including phenoxy) is 1. The van der Waals surface area contributed by atoms with Crippen LogP contribution in [0.1, 0.15) is 31.1 Å². The van der Waals surface area contributed by atoms with E-state index in [0.717, 1.165) is 5.69 Å². The average molecular weight is 542 g/mol. The molecular formula is C23H26BrClN2O4S. The first-order valence-electron chi connectivity index (χ1n) is 10.4. The molecule has 1 heterocycles. The molecule has 0 spiro atoms. The number of benzene rings is 2. The van der Waals surface area contributed by atoms with Gasteiger partial charge in [-0.2, -0.15) is 0 Å². The zero-order chi connectivity index (χ0) is 23.4. The minimum atomic E-state index is -1.56.